The van der Waals surface area contributed by atoms with E-state index in [9.17, 15) is 9.59 Å². The number of amides is 2. The highest BCUT2D eigenvalue weighted by molar-refractivity contribution is 8.00. The molecule has 0 unspecified atom stereocenters. The molecule has 4 nitrogen and oxygen atoms in total. The van der Waals surface area contributed by atoms with Gasteiger partial charge >= 0.3 is 0 Å². The lowest BCUT2D eigenvalue weighted by Crippen LogP contribution is -2.54. The number of hydrogen-bond acceptors (Lipinski definition) is 3. The van der Waals surface area contributed by atoms with Gasteiger partial charge in [-0.15, -0.1) is 11.8 Å². The van der Waals surface area contributed by atoms with E-state index in [1.165, 1.54) is 5.56 Å². The second kappa shape index (κ2) is 6.98. The standard InChI is InChI=1S/C16H22N2O2S/c1-4-21-13(3)16(20)17-9-10-18(15(19)11-17)14-7-5-12(2)6-8-14/h5-8,13H,4,9-11H2,1-3H3/t13-/m1/s1. The van der Waals surface area contributed by atoms with Gasteiger partial charge in [0.05, 0.1) is 5.25 Å². The Morgan fingerprint density at radius 1 is 1.29 bits per heavy atom. The van der Waals surface area contributed by atoms with Gasteiger partial charge in [-0.25, -0.2) is 0 Å². The van der Waals surface area contributed by atoms with Gasteiger partial charge in [0, 0.05) is 18.8 Å². The summed E-state index contributed by atoms with van der Waals surface area (Å²) in [7, 11) is 0. The first-order valence-corrected chi connectivity index (χ1v) is 8.35. The highest BCUT2D eigenvalue weighted by Gasteiger charge is 2.30. The van der Waals surface area contributed by atoms with Gasteiger partial charge in [0.2, 0.25) is 11.8 Å². The van der Waals surface area contributed by atoms with E-state index < -0.39 is 0 Å². The highest BCUT2D eigenvalue weighted by Crippen LogP contribution is 2.20. The molecule has 1 saturated heterocycles. The van der Waals surface area contributed by atoms with Crippen LogP contribution in [0.2, 0.25) is 0 Å². The number of anilines is 1. The van der Waals surface area contributed by atoms with Gasteiger partial charge in [0.25, 0.3) is 0 Å². The molecule has 1 aromatic rings. The minimum absolute atomic E-state index is 0.00727. The van der Waals surface area contributed by atoms with E-state index in [1.807, 2.05) is 45.0 Å². The molecule has 2 rings (SSSR count). The molecule has 0 bridgehead atoms. The number of aryl methyl sites for hydroxylation is 1. The van der Waals surface area contributed by atoms with Crippen molar-refractivity contribution in [2.75, 3.05) is 30.3 Å². The van der Waals surface area contributed by atoms with Crippen LogP contribution in [0.1, 0.15) is 19.4 Å². The van der Waals surface area contributed by atoms with Gasteiger partial charge in [-0.2, -0.15) is 0 Å². The third-order valence-electron chi connectivity index (χ3n) is 3.64. The summed E-state index contributed by atoms with van der Waals surface area (Å²) >= 11 is 1.62. The molecule has 1 atom stereocenters. The van der Waals surface area contributed by atoms with Crippen molar-refractivity contribution in [3.05, 3.63) is 29.8 Å². The van der Waals surface area contributed by atoms with E-state index in [2.05, 4.69) is 0 Å². The van der Waals surface area contributed by atoms with Crippen molar-refractivity contribution in [1.29, 1.82) is 0 Å². The number of nitrogens with zero attached hydrogens (tertiary/aromatic N) is 2. The molecule has 1 heterocycles. The van der Waals surface area contributed by atoms with E-state index in [4.69, 9.17) is 0 Å². The molecule has 1 aliphatic rings. The van der Waals surface area contributed by atoms with Crippen LogP contribution < -0.4 is 4.90 Å². The van der Waals surface area contributed by atoms with Crippen LogP contribution in [-0.2, 0) is 9.59 Å². The van der Waals surface area contributed by atoms with Gasteiger partial charge in [-0.05, 0) is 31.7 Å². The maximum atomic E-state index is 12.3. The number of piperazine rings is 1. The minimum atomic E-state index is -0.0753. The smallest absolute Gasteiger partial charge is 0.246 e. The molecule has 1 aliphatic heterocycles. The average molecular weight is 306 g/mol. The second-order valence-corrected chi connectivity index (χ2v) is 6.86. The van der Waals surface area contributed by atoms with Crippen molar-refractivity contribution in [1.82, 2.24) is 4.90 Å². The van der Waals surface area contributed by atoms with Gasteiger partial charge in [0.1, 0.15) is 6.54 Å². The summed E-state index contributed by atoms with van der Waals surface area (Å²) in [6, 6.07) is 7.92. The SMILES string of the molecule is CCS[C@H](C)C(=O)N1CCN(c2ccc(C)cc2)C(=O)C1. The molecule has 0 aromatic heterocycles. The fraction of sp³-hybridized carbons (Fsp3) is 0.500. The van der Waals surface area contributed by atoms with Crippen LogP contribution in [0.25, 0.3) is 0 Å². The number of benzene rings is 1. The maximum Gasteiger partial charge on any atom is 0.246 e. The van der Waals surface area contributed by atoms with Crippen molar-refractivity contribution < 1.29 is 9.59 Å². The van der Waals surface area contributed by atoms with Crippen molar-refractivity contribution in [3.63, 3.8) is 0 Å². The number of carbonyl (C=O) groups excluding carboxylic acids is 2. The summed E-state index contributed by atoms with van der Waals surface area (Å²) < 4.78 is 0. The number of rotatable bonds is 4. The average Bonchev–Trinajstić information content (AvgIpc) is 2.48. The first-order chi connectivity index (χ1) is 10.0. The van der Waals surface area contributed by atoms with E-state index >= 15 is 0 Å². The van der Waals surface area contributed by atoms with E-state index in [-0.39, 0.29) is 23.6 Å². The van der Waals surface area contributed by atoms with Crippen LogP contribution in [-0.4, -0.2) is 47.4 Å². The molecule has 0 radical (unpaired) electrons. The summed E-state index contributed by atoms with van der Waals surface area (Å²) in [5, 5.41) is -0.0753. The van der Waals surface area contributed by atoms with Crippen LogP contribution in [0.4, 0.5) is 5.69 Å². The Bertz CT molecular complexity index is 516. The first kappa shape index (κ1) is 15.9. The van der Waals surface area contributed by atoms with Crippen LogP contribution in [0, 0.1) is 6.92 Å². The van der Waals surface area contributed by atoms with Crippen LogP contribution >= 0.6 is 11.8 Å². The molecule has 0 saturated carbocycles. The zero-order chi connectivity index (χ0) is 15.4. The Kier molecular flexibility index (Phi) is 5.28. The quantitative estimate of drug-likeness (QED) is 0.857. The molecule has 5 heteroatoms. The molecule has 114 valence electrons. The molecular weight excluding hydrogens is 284 g/mol. The molecule has 0 aliphatic carbocycles. The minimum Gasteiger partial charge on any atom is -0.331 e. The summed E-state index contributed by atoms with van der Waals surface area (Å²) in [4.78, 5) is 28.0. The van der Waals surface area contributed by atoms with Crippen molar-refractivity contribution in [2.45, 2.75) is 26.0 Å². The van der Waals surface area contributed by atoms with Crippen LogP contribution in [0.15, 0.2) is 24.3 Å². The highest BCUT2D eigenvalue weighted by atomic mass is 32.2. The predicted octanol–water partition coefficient (Wildman–Crippen LogP) is 2.31. The molecule has 1 fully saturated rings. The van der Waals surface area contributed by atoms with Crippen molar-refractivity contribution in [2.24, 2.45) is 0 Å². The fourth-order valence-electron chi connectivity index (χ4n) is 2.44. The zero-order valence-corrected chi connectivity index (χ0v) is 13.7. The van der Waals surface area contributed by atoms with E-state index in [0.717, 1.165) is 11.4 Å². The summed E-state index contributed by atoms with van der Waals surface area (Å²) in [5.41, 5.74) is 2.08. The summed E-state index contributed by atoms with van der Waals surface area (Å²) in [6.07, 6.45) is 0. The Morgan fingerprint density at radius 3 is 2.52 bits per heavy atom. The van der Waals surface area contributed by atoms with E-state index in [0.29, 0.717) is 13.1 Å². The number of carbonyl (C=O) groups is 2. The first-order valence-electron chi connectivity index (χ1n) is 7.30. The van der Waals surface area contributed by atoms with Gasteiger partial charge in [-0.3, -0.25) is 9.59 Å². The Labute approximate surface area is 130 Å². The predicted molar refractivity (Wildman–Crippen MR) is 87.7 cm³/mol. The Hall–Kier alpha value is -1.49. The van der Waals surface area contributed by atoms with Gasteiger partial charge in [-0.1, -0.05) is 24.6 Å². The lowest BCUT2D eigenvalue weighted by Gasteiger charge is -2.35. The van der Waals surface area contributed by atoms with Crippen LogP contribution in [0.5, 0.6) is 0 Å². The second-order valence-electron chi connectivity index (χ2n) is 5.24. The molecule has 0 spiro atoms. The van der Waals surface area contributed by atoms with Gasteiger partial charge < -0.3 is 9.80 Å². The number of thioether (sulfide) groups is 1. The number of hydrogen-bond donors (Lipinski definition) is 0. The molecule has 2 amide bonds. The lowest BCUT2D eigenvalue weighted by molar-refractivity contribution is -0.136. The molecular formula is C16H22N2O2S. The maximum absolute atomic E-state index is 12.3. The normalized spacial score (nSPS) is 17.0. The topological polar surface area (TPSA) is 40.6 Å². The third kappa shape index (κ3) is 3.79. The lowest BCUT2D eigenvalue weighted by atomic mass is 10.2. The molecule has 1 aromatic carbocycles. The van der Waals surface area contributed by atoms with Gasteiger partial charge in [0.15, 0.2) is 0 Å². The zero-order valence-electron chi connectivity index (χ0n) is 12.8. The Morgan fingerprint density at radius 2 is 1.95 bits per heavy atom. The summed E-state index contributed by atoms with van der Waals surface area (Å²) in [6.45, 7) is 7.32. The van der Waals surface area contributed by atoms with Crippen molar-refractivity contribution >= 4 is 29.3 Å². The molecule has 21 heavy (non-hydrogen) atoms. The third-order valence-corrected chi connectivity index (χ3v) is 4.68. The fourth-order valence-corrected chi connectivity index (χ4v) is 3.23. The monoisotopic (exact) mass is 306 g/mol. The largest absolute Gasteiger partial charge is 0.331 e. The molecule has 0 N–H and O–H groups in total. The van der Waals surface area contributed by atoms with E-state index in [1.54, 1.807) is 21.6 Å². The Balaban J connectivity index is 2.00. The van der Waals surface area contributed by atoms with Crippen LogP contribution in [0.3, 0.4) is 0 Å². The summed E-state index contributed by atoms with van der Waals surface area (Å²) in [5.74, 6) is 0.968. The van der Waals surface area contributed by atoms with Crippen molar-refractivity contribution in [3.8, 4) is 0 Å².